The molecule has 0 aromatic carbocycles. The summed E-state index contributed by atoms with van der Waals surface area (Å²) in [5, 5.41) is 0. The summed E-state index contributed by atoms with van der Waals surface area (Å²) in [7, 11) is 0. The predicted octanol–water partition coefficient (Wildman–Crippen LogP) is -0.767. The van der Waals surface area contributed by atoms with Crippen LogP contribution in [-0.2, 0) is 38.1 Å². The van der Waals surface area contributed by atoms with Gasteiger partial charge < -0.3 is 0 Å². The predicted molar refractivity (Wildman–Crippen MR) is 11.5 cm³/mol. The molecule has 0 atom stereocenters. The largest absolute Gasteiger partial charge is 0 e. The zero-order valence-corrected chi connectivity index (χ0v) is 17.7. The summed E-state index contributed by atoms with van der Waals surface area (Å²) < 4.78 is 0. The smallest absolute Gasteiger partial charge is 0 e. The normalized spacial score (nSPS) is 0. The zero-order chi connectivity index (χ0) is 0. The van der Waals surface area contributed by atoms with Gasteiger partial charge in [0.2, 0.25) is 0 Å². The van der Waals surface area contributed by atoms with Crippen LogP contribution in [0.1, 0.15) is 0 Å². The summed E-state index contributed by atoms with van der Waals surface area (Å²) in [6.07, 6.45) is 0. The average molecular weight is 556 g/mol. The van der Waals surface area contributed by atoms with Crippen LogP contribution in [-0.4, -0.2) is 100 Å². The number of hydrogen-bond acceptors (Lipinski definition) is 0. The molecule has 0 saturated carbocycles. The maximum Gasteiger partial charge on any atom is 0 e. The molecule has 21 valence electrons. The summed E-state index contributed by atoms with van der Waals surface area (Å²) >= 11 is 0. The van der Waals surface area contributed by atoms with Gasteiger partial charge in [0.1, 0.15) is 0 Å². The summed E-state index contributed by atoms with van der Waals surface area (Å²) in [5.41, 5.74) is 0. The average Bonchev–Trinajstić information content (AvgIpc) is 0. The first-order valence-corrected chi connectivity index (χ1v) is 0. The summed E-state index contributed by atoms with van der Waals surface area (Å²) in [4.78, 5) is 0. The maximum absolute atomic E-state index is 0. The van der Waals surface area contributed by atoms with Crippen molar-refractivity contribution < 1.29 is 79.9 Å². The van der Waals surface area contributed by atoms with Crippen molar-refractivity contribution in [2.45, 2.75) is 0 Å². The first-order valence-electron chi connectivity index (χ1n) is 0. The third-order valence-corrected chi connectivity index (χ3v) is 0. The summed E-state index contributed by atoms with van der Waals surface area (Å²) in [6.45, 7) is 0. The van der Waals surface area contributed by atoms with Crippen molar-refractivity contribution in [3.63, 3.8) is 0 Å². The van der Waals surface area contributed by atoms with E-state index in [0.29, 0.717) is 0 Å². The fraction of sp³-hybridized carbons (Fsp3) is 0. The molecule has 0 unspecified atom stereocenters. The van der Waals surface area contributed by atoms with E-state index in [1.54, 1.807) is 0 Å². The van der Waals surface area contributed by atoms with Crippen LogP contribution in [0.5, 0.6) is 0 Å². The molecular weight excluding hydrogens is 556 g/mol. The van der Waals surface area contributed by atoms with Crippen molar-refractivity contribution in [3.8, 4) is 0 Å². The van der Waals surface area contributed by atoms with E-state index in [1.165, 1.54) is 0 Å². The van der Waals surface area contributed by atoms with Crippen molar-refractivity contribution in [2.24, 2.45) is 0 Å². The molecule has 0 aromatic rings. The Bertz CT molecular complexity index is 11.6. The van der Waals surface area contributed by atoms with E-state index in [9.17, 15) is 0 Å². The third-order valence-electron chi connectivity index (χ3n) is 0. The minimum atomic E-state index is 0. The number of hydrogen-bond donors (Lipinski definition) is 0. The van der Waals surface area contributed by atoms with Gasteiger partial charge in [-0.3, -0.25) is 0 Å². The zero-order valence-electron chi connectivity index (χ0n) is 2.97. The van der Waals surface area contributed by atoms with E-state index in [0.717, 1.165) is 0 Å². The van der Waals surface area contributed by atoms with Crippen LogP contribution in [0.4, 0.5) is 0 Å². The molecule has 0 bridgehead atoms. The van der Waals surface area contributed by atoms with Crippen molar-refractivity contribution in [3.05, 3.63) is 0 Å². The van der Waals surface area contributed by atoms with Gasteiger partial charge in [0.25, 0.3) is 0 Å². The quantitative estimate of drug-likeness (QED) is 0.345. The van der Waals surface area contributed by atoms with Crippen molar-refractivity contribution in [2.75, 3.05) is 0 Å². The molecule has 0 N–H and O–H groups in total. The van der Waals surface area contributed by atoms with Gasteiger partial charge in [-0.15, -0.1) is 0 Å². The van der Waals surface area contributed by atoms with Gasteiger partial charge in [0, 0.05) is 180 Å². The van der Waals surface area contributed by atoms with Crippen LogP contribution in [0.15, 0.2) is 0 Å². The molecule has 0 heterocycles. The first-order chi connectivity index (χ1) is 0. The van der Waals surface area contributed by atoms with E-state index < -0.39 is 0 Å². The van der Waals surface area contributed by atoms with Gasteiger partial charge in [-0.2, -0.15) is 0 Å². The van der Waals surface area contributed by atoms with Gasteiger partial charge in [0.15, 0.2) is 0 Å². The fourth-order valence-corrected chi connectivity index (χ4v) is 0. The van der Waals surface area contributed by atoms with E-state index in [-0.39, 0.29) is 180 Å². The fourth-order valence-electron chi connectivity index (χ4n) is 0. The second-order valence-corrected chi connectivity index (χ2v) is 0. The molecule has 5 heteroatoms. The van der Waals surface area contributed by atoms with Crippen LogP contribution in [0.2, 0.25) is 0 Å². The van der Waals surface area contributed by atoms with Gasteiger partial charge in [-0.25, -0.2) is 0 Å². The van der Waals surface area contributed by atoms with Crippen LogP contribution < -0.4 is 0 Å². The summed E-state index contributed by atoms with van der Waals surface area (Å²) in [5.74, 6) is 0. The molecule has 0 spiro atoms. The van der Waals surface area contributed by atoms with E-state index in [2.05, 4.69) is 0 Å². The van der Waals surface area contributed by atoms with E-state index in [4.69, 9.17) is 0 Å². The first kappa shape index (κ1) is 30.8. The molecule has 0 nitrogen and oxygen atoms in total. The molecule has 0 rings (SSSR count). The molecule has 0 aliphatic heterocycles. The molecule has 0 aromatic heterocycles. The standard InChI is InChI=1S/Ba.Ce.Fe.K.W. The molecular formula is BaCeFeKW. The second kappa shape index (κ2) is 22.6. The topological polar surface area (TPSA) is 0 Å². The van der Waals surface area contributed by atoms with Gasteiger partial charge in [-0.05, 0) is 0 Å². The van der Waals surface area contributed by atoms with Gasteiger partial charge >= 0.3 is 0 Å². The Hall–Kier alpha value is 5.79. The van der Waals surface area contributed by atoms with Crippen molar-refractivity contribution >= 4 is 100 Å². The van der Waals surface area contributed by atoms with Gasteiger partial charge in [0.05, 0.1) is 0 Å². The second-order valence-electron chi connectivity index (χ2n) is 0. The van der Waals surface area contributed by atoms with Crippen LogP contribution in [0.3, 0.4) is 0 Å². The Balaban J connectivity index is 0. The van der Waals surface area contributed by atoms with Crippen LogP contribution >= 0.6 is 0 Å². The van der Waals surface area contributed by atoms with Crippen molar-refractivity contribution in [1.29, 1.82) is 0 Å². The molecule has 3 radical (unpaired) electrons. The van der Waals surface area contributed by atoms with Crippen LogP contribution in [0.25, 0.3) is 0 Å². The Morgan fingerprint density at radius 1 is 1.00 bits per heavy atom. The SMILES string of the molecule is [Ba].[Ce].[Fe].[K].[W]. The van der Waals surface area contributed by atoms with E-state index in [1.807, 2.05) is 0 Å². The minimum Gasteiger partial charge on any atom is 0 e. The number of rotatable bonds is 0. The Kier molecular flexibility index (Phi) is 139. The van der Waals surface area contributed by atoms with Crippen molar-refractivity contribution in [1.82, 2.24) is 0 Å². The molecule has 0 aliphatic carbocycles. The minimum absolute atomic E-state index is 0. The Morgan fingerprint density at radius 3 is 1.00 bits per heavy atom. The molecule has 5 heavy (non-hydrogen) atoms. The third kappa shape index (κ3) is 17.7. The molecule has 0 amide bonds. The Morgan fingerprint density at radius 2 is 1.00 bits per heavy atom. The van der Waals surface area contributed by atoms with Crippen LogP contribution in [0, 0.1) is 41.7 Å². The van der Waals surface area contributed by atoms with Gasteiger partial charge in [-0.1, -0.05) is 0 Å². The molecule has 0 saturated heterocycles. The Labute approximate surface area is 174 Å². The monoisotopic (exact) mass is 557 g/mol. The molecule has 0 aliphatic rings. The maximum atomic E-state index is 0. The van der Waals surface area contributed by atoms with E-state index >= 15 is 0 Å². The summed E-state index contributed by atoms with van der Waals surface area (Å²) in [6, 6.07) is 0. The molecule has 0 fully saturated rings.